The zero-order valence-corrected chi connectivity index (χ0v) is 90.9. The van der Waals surface area contributed by atoms with Gasteiger partial charge in [0.15, 0.2) is 12.4 Å². The number of aryl methyl sites for hydroxylation is 8. The third-order valence-corrected chi connectivity index (χ3v) is 38.3. The molecule has 30 heteroatoms. The third-order valence-electron chi connectivity index (χ3n) is 23.2. The molecule has 12 aromatic carbocycles. The van der Waals surface area contributed by atoms with E-state index in [0.717, 1.165) is 165 Å². The Morgan fingerprint density at radius 1 is 0.264 bits per heavy atom. The van der Waals surface area contributed by atoms with Crippen LogP contribution in [-0.2, 0) is 19.0 Å². The summed E-state index contributed by atoms with van der Waals surface area (Å²) >= 11 is -14.9. The van der Waals surface area contributed by atoms with E-state index in [1.54, 1.807) is 52.0 Å². The van der Waals surface area contributed by atoms with Crippen LogP contribution in [0.5, 0.6) is 57.5 Å². The van der Waals surface area contributed by atoms with E-state index in [0.29, 0.717) is 57.0 Å². The van der Waals surface area contributed by atoms with Gasteiger partial charge in [0.1, 0.15) is 0 Å². The van der Waals surface area contributed by atoms with Gasteiger partial charge in [-0.15, -0.1) is 0 Å². The third kappa shape index (κ3) is 24.1. The van der Waals surface area contributed by atoms with Crippen LogP contribution in [0.1, 0.15) is 79.7 Å². The molecule has 2 N–H and O–H groups in total. The first kappa shape index (κ1) is 100. The van der Waals surface area contributed by atoms with E-state index in [1.807, 2.05) is 371 Å². The average molecular weight is 2130 g/mol. The maximum atomic E-state index is 12.7. The number of nitrogens with one attached hydrogen (secondary N) is 2. The van der Waals surface area contributed by atoms with E-state index in [9.17, 15) is 19.8 Å². The first-order valence-corrected chi connectivity index (χ1v) is 58.5. The summed E-state index contributed by atoms with van der Waals surface area (Å²) in [4.78, 5) is 68.8. The van der Waals surface area contributed by atoms with Gasteiger partial charge in [-0.2, -0.15) is 0 Å². The fourth-order valence-corrected chi connectivity index (χ4v) is 30.7. The van der Waals surface area contributed by atoms with Crippen LogP contribution in [0.4, 0.5) is 0 Å². The molecule has 0 aliphatic carbocycles. The topological polar surface area (TPSA) is 313 Å². The molecule has 0 unspecified atom stereocenters. The average Bonchev–Trinajstić information content (AvgIpc) is 0.783. The molecule has 0 saturated heterocycles. The van der Waals surface area contributed by atoms with Crippen LogP contribution >= 0.6 is 0 Å². The predicted molar refractivity (Wildman–Crippen MR) is 564 cm³/mol. The van der Waals surface area contributed by atoms with E-state index < -0.39 is 74.7 Å². The number of rotatable bonds is 21. The van der Waals surface area contributed by atoms with Crippen LogP contribution in [-0.4, -0.2) is 131 Å². The number of H-pyrrole nitrogens is 2. The molecule has 22 aromatic rings. The van der Waals surface area contributed by atoms with Crippen molar-refractivity contribution in [3.63, 3.8) is 0 Å². The van der Waals surface area contributed by atoms with Crippen molar-refractivity contribution >= 4 is 222 Å². The maximum Gasteiger partial charge on any atom is 2.00 e. The maximum absolute atomic E-state index is 12.7. The second-order valence-corrected chi connectivity index (χ2v) is 48.4. The summed E-state index contributed by atoms with van der Waals surface area (Å²) in [6, 6.07) is 104. The summed E-state index contributed by atoms with van der Waals surface area (Å²) in [5, 5.41) is 36.8. The number of fused-ring (bicyclic) bond motifs is 14. The monoisotopic (exact) mass is 2130 g/mol. The first-order valence-electron chi connectivity index (χ1n) is 46.6. The summed E-state index contributed by atoms with van der Waals surface area (Å²) in [5.41, 5.74) is 13.9. The van der Waals surface area contributed by atoms with Gasteiger partial charge in [-0.25, -0.2) is 9.97 Å². The van der Waals surface area contributed by atoms with E-state index in [1.165, 1.54) is 0 Å². The van der Waals surface area contributed by atoms with Gasteiger partial charge in [-0.3, -0.25) is 0 Å². The number of aromatic amines is 2. The number of hydrogen-bond donors (Lipinski definition) is 0. The molecule has 10 aromatic heterocycles. The zero-order valence-electron chi connectivity index (χ0n) is 81.3. The van der Waals surface area contributed by atoms with Crippen LogP contribution in [0.15, 0.2) is 340 Å². The standard InChI is InChI=1S/2C13H9NO.8C10H9NO.C5H10O2.C3H6O2.Be.4Ga.O/c2*15-11-5-1-3-9-6-7-10-4-2-8-14-13(10)12(9)11;8*1-7-5-6-8-3-2-4-9(12)10(8)11-7;1-5(2,3)4(6)7;1-2-3(4)5;;;;;;/h2*1-8,15H;8*2-6,12H,1H3;1-3H3,(H,6,7);2H2,1H3,(H,4,5);;;;;;/q;;;;;;;;;;;;3*+2;2*+3;/p-10. The summed E-state index contributed by atoms with van der Waals surface area (Å²) in [6.07, 6.45) is 3.93. The Morgan fingerprint density at radius 2 is 0.465 bits per heavy atom. The number of hydrogen-bond acceptors (Lipinski definition) is 23. The molecule has 0 aliphatic rings. The number of carbonyl (C=O) groups is 2. The SMILES string of the molecule is CCC(=O)[O][Ga]([O]c1cccc2ccc(C)nc12)[O]c1cccc2ccc(C)nc12.Cc1ccc2cccc([O][Ga]([O]C(=O)C(C)(C)C)[O]c3cccc4ccc(C)nc34)c2n1.Cc1ccc2cccc([O][Ga]([O]c3cccc4ccc(C)nc34)[O][Ga]([O]c3cccc4ccc(C)nc34)[O]c3cccc4ccc(C)nc34)c2n1.[Be+2].[O-]c1cccc2ccc3ccc[nH+]c3c12.[O-]c1cccc2ccc3ccc[nH+]c3c12. The molecular weight excluding hydrogens is 2040 g/mol. The van der Waals surface area contributed by atoms with Crippen LogP contribution < -0.4 is 48.4 Å². The molecule has 0 aliphatic heterocycles. The van der Waals surface area contributed by atoms with Gasteiger partial charge in [-0.05, 0) is 35.0 Å². The van der Waals surface area contributed by atoms with Gasteiger partial charge >= 0.3 is 695 Å². The van der Waals surface area contributed by atoms with Crippen molar-refractivity contribution in [1.29, 1.82) is 0 Å². The number of nitrogens with zero attached hydrogens (tertiary/aromatic N) is 8. The van der Waals surface area contributed by atoms with Crippen molar-refractivity contribution in [3.8, 4) is 57.5 Å². The number of para-hydroxylation sites is 8. The number of carbonyl (C=O) groups excluding carboxylic acids is 2. The van der Waals surface area contributed by atoms with Crippen molar-refractivity contribution in [2.75, 3.05) is 0 Å². The Bertz CT molecular complexity index is 7910. The van der Waals surface area contributed by atoms with Crippen LogP contribution in [0.3, 0.4) is 0 Å². The normalized spacial score (nSPS) is 11.0. The fourth-order valence-electron chi connectivity index (χ4n) is 16.1. The van der Waals surface area contributed by atoms with Gasteiger partial charge in [0.2, 0.25) is 11.0 Å². The van der Waals surface area contributed by atoms with Gasteiger partial charge < -0.3 is 10.2 Å². The van der Waals surface area contributed by atoms with E-state index in [4.69, 9.17) is 57.5 Å². The van der Waals surface area contributed by atoms with Crippen molar-refractivity contribution in [1.82, 2.24) is 39.9 Å². The van der Waals surface area contributed by atoms with E-state index in [-0.39, 0.29) is 40.0 Å². The van der Waals surface area contributed by atoms with Crippen molar-refractivity contribution in [2.24, 2.45) is 5.41 Å². The molecule has 0 amide bonds. The number of pyridine rings is 10. The Kier molecular flexibility index (Phi) is 31.7. The van der Waals surface area contributed by atoms with E-state index in [2.05, 4.69) is 29.9 Å². The summed E-state index contributed by atoms with van der Waals surface area (Å²) < 4.78 is 70.4. The smallest absolute Gasteiger partial charge is 0.872 e. The van der Waals surface area contributed by atoms with Gasteiger partial charge in [-0.1, -0.05) is 60.0 Å². The molecule has 144 heavy (non-hydrogen) atoms. The molecule has 25 nitrogen and oxygen atoms in total. The second kappa shape index (κ2) is 45.4. The minimum atomic E-state index is -3.87. The molecular formula is C114H96BeGa4N10O15+2. The van der Waals surface area contributed by atoms with Crippen molar-refractivity contribution in [3.05, 3.63) is 386 Å². The zero-order chi connectivity index (χ0) is 99.4. The Morgan fingerprint density at radius 3 is 0.701 bits per heavy atom. The minimum absolute atomic E-state index is 0. The number of benzene rings is 12. The van der Waals surface area contributed by atoms with Crippen LogP contribution in [0.2, 0.25) is 0 Å². The summed E-state index contributed by atoms with van der Waals surface area (Å²) in [5.74, 6) is 3.88. The molecule has 704 valence electrons. The summed E-state index contributed by atoms with van der Waals surface area (Å²) in [7, 11) is 0. The minimum Gasteiger partial charge on any atom is -0.872 e. The molecule has 0 spiro atoms. The second-order valence-electron chi connectivity index (χ2n) is 35.1. The van der Waals surface area contributed by atoms with Gasteiger partial charge in [0.25, 0.3) is 0 Å². The molecule has 0 bridgehead atoms. The van der Waals surface area contributed by atoms with Gasteiger partial charge in [0.05, 0.1) is 0 Å². The Balaban J connectivity index is 0.000000132. The molecule has 22 rings (SSSR count). The fraction of sp³-hybridized carbons (Fsp3) is 0.123. The van der Waals surface area contributed by atoms with Crippen LogP contribution in [0, 0.1) is 60.8 Å². The van der Waals surface area contributed by atoms with Crippen molar-refractivity contribution in [2.45, 2.75) is 89.5 Å². The molecule has 10 heterocycles. The Hall–Kier alpha value is -15.1. The largest absolute Gasteiger partial charge is 2.00 e. The molecule has 0 fully saturated rings. The summed E-state index contributed by atoms with van der Waals surface area (Å²) in [6.45, 7) is 22.7. The quantitative estimate of drug-likeness (QED) is 0.0476. The Labute approximate surface area is 859 Å². The van der Waals surface area contributed by atoms with Crippen LogP contribution in [0.25, 0.3) is 131 Å². The number of aromatic nitrogens is 10. The van der Waals surface area contributed by atoms with E-state index >= 15 is 0 Å². The first-order chi connectivity index (χ1) is 69.3. The van der Waals surface area contributed by atoms with Crippen molar-refractivity contribution < 1.29 is 67.4 Å². The molecule has 0 radical (unpaired) electrons. The van der Waals surface area contributed by atoms with Gasteiger partial charge in [0, 0.05) is 33.7 Å². The molecule has 0 saturated carbocycles. The molecule has 0 atom stereocenters. The predicted octanol–water partition coefficient (Wildman–Crippen LogP) is 22.3.